The van der Waals surface area contributed by atoms with Crippen LogP contribution in [0.3, 0.4) is 0 Å². The first-order chi connectivity index (χ1) is 6.39. The fourth-order valence-corrected chi connectivity index (χ4v) is 2.01. The molecule has 0 saturated carbocycles. The molecule has 0 bridgehead atoms. The van der Waals surface area contributed by atoms with Gasteiger partial charge in [-0.25, -0.2) is 0 Å². The minimum atomic E-state index is -5.28. The quantitative estimate of drug-likeness (QED) is 0.549. The summed E-state index contributed by atoms with van der Waals surface area (Å²) in [6.07, 6.45) is 0. The Hall–Kier alpha value is 0.968. The standard InChI is InChI=1S/C8H10AsNO4.2Na/c1-6(11)10-8-4-2-7(3-5-8)9(12,13)14;;/h2-5H,1H3,(H,10,11)(H2,12,13,14);;/q;2*+1/p-2. The molecule has 8 heteroatoms. The molecule has 0 fully saturated rings. The third-order valence-electron chi connectivity index (χ3n) is 1.50. The van der Waals surface area contributed by atoms with Gasteiger partial charge in [-0.2, -0.15) is 0 Å². The molecule has 1 rings (SSSR count). The molecule has 0 aromatic heterocycles. The van der Waals surface area contributed by atoms with Gasteiger partial charge >= 0.3 is 142 Å². The summed E-state index contributed by atoms with van der Waals surface area (Å²) in [5, 5.41) is 2.46. The number of carbonyl (C=O) groups is 1. The van der Waals surface area contributed by atoms with E-state index in [0.717, 1.165) is 0 Å². The molecule has 1 amide bonds. The van der Waals surface area contributed by atoms with Gasteiger partial charge in [-0.3, -0.25) is 0 Å². The summed E-state index contributed by atoms with van der Waals surface area (Å²) in [6, 6.07) is 5.12. The molecule has 1 N–H and O–H groups in total. The van der Waals surface area contributed by atoms with Gasteiger partial charge in [-0.15, -0.1) is 0 Å². The van der Waals surface area contributed by atoms with Crippen LogP contribution in [0.1, 0.15) is 6.92 Å². The molecule has 0 spiro atoms. The van der Waals surface area contributed by atoms with Crippen molar-refractivity contribution in [2.75, 3.05) is 5.32 Å². The average molecular weight is 303 g/mol. The number of anilines is 1. The van der Waals surface area contributed by atoms with E-state index in [2.05, 4.69) is 5.32 Å². The molecule has 76 valence electrons. The van der Waals surface area contributed by atoms with Crippen molar-refractivity contribution in [1.29, 1.82) is 0 Å². The SMILES string of the molecule is CC(=O)Nc1ccc([As](=O)([O-])[O-])cc1.[Na+].[Na+]. The Morgan fingerprint density at radius 2 is 1.62 bits per heavy atom. The topological polar surface area (TPSA) is 92.3 Å². The van der Waals surface area contributed by atoms with Crippen molar-refractivity contribution in [2.24, 2.45) is 0 Å². The normalized spacial score (nSPS) is 9.69. The Kier molecular flexibility index (Phi) is 9.82. The van der Waals surface area contributed by atoms with E-state index < -0.39 is 14.2 Å². The Labute approximate surface area is 141 Å². The second-order valence-electron chi connectivity index (χ2n) is 2.73. The maximum absolute atomic E-state index is 10.6. The Morgan fingerprint density at radius 1 is 1.19 bits per heavy atom. The number of hydrogen-bond acceptors (Lipinski definition) is 4. The summed E-state index contributed by atoms with van der Waals surface area (Å²) in [6.45, 7) is 1.34. The van der Waals surface area contributed by atoms with E-state index in [1.807, 2.05) is 0 Å². The number of amides is 1. The maximum Gasteiger partial charge on any atom is 1.00 e. The molecule has 0 aliphatic heterocycles. The van der Waals surface area contributed by atoms with Gasteiger partial charge in [0.1, 0.15) is 0 Å². The molecule has 1 aromatic rings. The first kappa shape index (κ1) is 19.3. The van der Waals surface area contributed by atoms with Gasteiger partial charge in [0.15, 0.2) is 0 Å². The zero-order valence-corrected chi connectivity index (χ0v) is 15.3. The summed E-state index contributed by atoms with van der Waals surface area (Å²) in [7, 11) is 0. The van der Waals surface area contributed by atoms with Crippen molar-refractivity contribution < 1.29 is 75.8 Å². The molecule has 0 radical (unpaired) electrons. The molecule has 0 unspecified atom stereocenters. The van der Waals surface area contributed by atoms with Crippen LogP contribution in [0.25, 0.3) is 0 Å². The van der Waals surface area contributed by atoms with Crippen LogP contribution in [0.2, 0.25) is 0 Å². The van der Waals surface area contributed by atoms with E-state index in [1.165, 1.54) is 31.2 Å². The number of benzene rings is 1. The molecule has 1 aromatic carbocycles. The number of rotatable bonds is 2. The van der Waals surface area contributed by atoms with Crippen LogP contribution >= 0.6 is 0 Å². The van der Waals surface area contributed by atoms with Crippen molar-refractivity contribution in [3.8, 4) is 0 Å². The predicted molar refractivity (Wildman–Crippen MR) is 46.8 cm³/mol. The average Bonchev–Trinajstić information content (AvgIpc) is 2.02. The predicted octanol–water partition coefficient (Wildman–Crippen LogP) is -8.05. The number of nitrogens with one attached hydrogen (secondary N) is 1. The van der Waals surface area contributed by atoms with Crippen LogP contribution < -0.4 is 77.0 Å². The summed E-state index contributed by atoms with van der Waals surface area (Å²) in [4.78, 5) is 10.6. The second kappa shape index (κ2) is 8.14. The third kappa shape index (κ3) is 6.64. The monoisotopic (exact) mass is 303 g/mol. The molecular formula is C8H8AsNNa2O4. The Morgan fingerprint density at radius 3 is 1.94 bits per heavy atom. The fourth-order valence-electron chi connectivity index (χ4n) is 0.931. The van der Waals surface area contributed by atoms with E-state index in [-0.39, 0.29) is 69.4 Å². The number of hydrogen-bond donors (Lipinski definition) is 1. The molecule has 16 heavy (non-hydrogen) atoms. The smallest absolute Gasteiger partial charge is 1.00 e. The van der Waals surface area contributed by atoms with Crippen molar-refractivity contribution in [3.63, 3.8) is 0 Å². The van der Waals surface area contributed by atoms with Gasteiger partial charge in [-0.1, -0.05) is 0 Å². The van der Waals surface area contributed by atoms with Crippen molar-refractivity contribution in [1.82, 2.24) is 0 Å². The van der Waals surface area contributed by atoms with Gasteiger partial charge in [0.2, 0.25) is 0 Å². The zero-order valence-electron chi connectivity index (χ0n) is 9.39. The third-order valence-corrected chi connectivity index (χ3v) is 3.46. The maximum atomic E-state index is 10.6. The van der Waals surface area contributed by atoms with Crippen molar-refractivity contribution in [2.45, 2.75) is 6.92 Å². The van der Waals surface area contributed by atoms with Gasteiger partial charge in [-0.05, 0) is 0 Å². The van der Waals surface area contributed by atoms with E-state index >= 15 is 0 Å². The van der Waals surface area contributed by atoms with Crippen LogP contribution in [-0.4, -0.2) is 20.1 Å². The van der Waals surface area contributed by atoms with Gasteiger partial charge in [0.25, 0.3) is 0 Å². The van der Waals surface area contributed by atoms with Crippen LogP contribution in [-0.2, 0) is 8.53 Å². The first-order valence-corrected chi connectivity index (χ1v) is 7.03. The van der Waals surface area contributed by atoms with Gasteiger partial charge in [0.05, 0.1) is 0 Å². The van der Waals surface area contributed by atoms with E-state index in [9.17, 15) is 16.7 Å². The second-order valence-corrected chi connectivity index (χ2v) is 5.90. The minimum absolute atomic E-state index is 0. The van der Waals surface area contributed by atoms with Crippen molar-refractivity contribution in [3.05, 3.63) is 24.3 Å². The van der Waals surface area contributed by atoms with Crippen LogP contribution in [0, 0.1) is 0 Å². The molecule has 0 aliphatic carbocycles. The number of carbonyl (C=O) groups excluding carboxylic acids is 1. The first-order valence-electron chi connectivity index (χ1n) is 3.80. The Balaban J connectivity index is 0. The van der Waals surface area contributed by atoms with E-state index in [4.69, 9.17) is 0 Å². The molecule has 0 heterocycles. The summed E-state index contributed by atoms with van der Waals surface area (Å²) >= 11 is -5.28. The van der Waals surface area contributed by atoms with E-state index in [1.54, 1.807) is 0 Å². The molecule has 0 aliphatic rings. The largest absolute Gasteiger partial charge is 1.00 e. The van der Waals surface area contributed by atoms with Crippen LogP contribution in [0.15, 0.2) is 24.3 Å². The minimum Gasteiger partial charge on any atom is 1.00 e. The zero-order chi connectivity index (χ0) is 10.8. The molecule has 0 saturated heterocycles. The Bertz CT molecular complexity index is 390. The van der Waals surface area contributed by atoms with Gasteiger partial charge in [0, 0.05) is 0 Å². The molecule has 0 atom stereocenters. The molecular weight excluding hydrogens is 295 g/mol. The van der Waals surface area contributed by atoms with E-state index in [0.29, 0.717) is 5.69 Å². The summed E-state index contributed by atoms with van der Waals surface area (Å²) in [5.41, 5.74) is 0.463. The van der Waals surface area contributed by atoms with Crippen molar-refractivity contribution >= 4 is 30.1 Å². The summed E-state index contributed by atoms with van der Waals surface area (Å²) < 4.78 is 31.6. The van der Waals surface area contributed by atoms with Crippen LogP contribution in [0.5, 0.6) is 0 Å². The van der Waals surface area contributed by atoms with Gasteiger partial charge < -0.3 is 0 Å². The fraction of sp³-hybridized carbons (Fsp3) is 0.125. The summed E-state index contributed by atoms with van der Waals surface area (Å²) in [5.74, 6) is -0.254. The van der Waals surface area contributed by atoms with Crippen LogP contribution in [0.4, 0.5) is 5.69 Å². The molecule has 5 nitrogen and oxygen atoms in total.